The van der Waals surface area contributed by atoms with Crippen molar-refractivity contribution in [1.29, 1.82) is 0 Å². The van der Waals surface area contributed by atoms with E-state index in [-0.39, 0.29) is 24.7 Å². The predicted octanol–water partition coefficient (Wildman–Crippen LogP) is 1.49. The lowest BCUT2D eigenvalue weighted by atomic mass is 10.0. The maximum absolute atomic E-state index is 13.8. The van der Waals surface area contributed by atoms with E-state index in [4.69, 9.17) is 5.73 Å². The Morgan fingerprint density at radius 1 is 1.19 bits per heavy atom. The predicted molar refractivity (Wildman–Crippen MR) is 144 cm³/mol. The number of hydrogen-bond acceptors (Lipinski definition) is 6. The zero-order chi connectivity index (χ0) is 27.1. The molecular formula is C26H37N5O5S. The Balaban J connectivity index is 1.82. The van der Waals surface area contributed by atoms with Gasteiger partial charge < -0.3 is 31.4 Å². The molecule has 1 aliphatic rings. The summed E-state index contributed by atoms with van der Waals surface area (Å²) in [7, 11) is 0. The number of rotatable bonds is 12. The molecule has 202 valence electrons. The minimum absolute atomic E-state index is 0.122. The average Bonchev–Trinajstić information content (AvgIpc) is 3.52. The first kappa shape index (κ1) is 28.5. The molecular weight excluding hydrogens is 494 g/mol. The summed E-state index contributed by atoms with van der Waals surface area (Å²) >= 11 is 1.50. The van der Waals surface area contributed by atoms with Gasteiger partial charge in [-0.3, -0.25) is 14.4 Å². The summed E-state index contributed by atoms with van der Waals surface area (Å²) in [4.78, 5) is 56.1. The van der Waals surface area contributed by atoms with E-state index in [1.54, 1.807) is 0 Å². The Morgan fingerprint density at radius 3 is 2.59 bits per heavy atom. The third-order valence-corrected chi connectivity index (χ3v) is 7.44. The first-order chi connectivity index (χ1) is 17.6. The molecule has 1 fully saturated rings. The monoisotopic (exact) mass is 531 g/mol. The van der Waals surface area contributed by atoms with E-state index in [9.17, 15) is 24.3 Å². The Kier molecular flexibility index (Phi) is 9.99. The lowest BCUT2D eigenvalue weighted by Gasteiger charge is -2.30. The number of benzene rings is 1. The number of para-hydroxylation sites is 1. The van der Waals surface area contributed by atoms with Gasteiger partial charge in [-0.1, -0.05) is 32.0 Å². The number of aromatic amines is 1. The molecule has 0 spiro atoms. The molecule has 4 unspecified atom stereocenters. The fraction of sp³-hybridized carbons (Fsp3) is 0.538. The molecule has 1 saturated heterocycles. The van der Waals surface area contributed by atoms with Crippen molar-refractivity contribution in [2.45, 2.75) is 63.7 Å². The standard InChI is InChI=1S/C26H37N5O5S/c1-15(2)22(27)24(33)30-20(13-16-14-28-18-8-5-4-7-17(16)18)25(34)31-11-6-9-21(31)23(32)29-19(26(35)36)10-12-37-3/h4-5,7-8,14-15,19-22,28H,6,9-13,27H2,1-3H3,(H,29,32)(H,30,33)(H,35,36). The maximum atomic E-state index is 13.8. The van der Waals surface area contributed by atoms with Crippen LogP contribution in [0.1, 0.15) is 38.7 Å². The van der Waals surface area contributed by atoms with E-state index in [0.29, 0.717) is 25.1 Å². The van der Waals surface area contributed by atoms with Crippen LogP contribution < -0.4 is 16.4 Å². The van der Waals surface area contributed by atoms with Crippen LogP contribution in [-0.4, -0.2) is 81.4 Å². The number of carboxylic acid groups (broad SMARTS) is 1. The molecule has 2 heterocycles. The minimum Gasteiger partial charge on any atom is -0.480 e. The molecule has 37 heavy (non-hydrogen) atoms. The largest absolute Gasteiger partial charge is 0.480 e. The number of likely N-dealkylation sites (tertiary alicyclic amines) is 1. The molecule has 6 N–H and O–H groups in total. The number of fused-ring (bicyclic) bond motifs is 1. The van der Waals surface area contributed by atoms with E-state index >= 15 is 0 Å². The Bertz CT molecular complexity index is 1120. The fourth-order valence-electron chi connectivity index (χ4n) is 4.56. The van der Waals surface area contributed by atoms with Gasteiger partial charge in [0.25, 0.3) is 0 Å². The van der Waals surface area contributed by atoms with Crippen molar-refractivity contribution in [2.75, 3.05) is 18.6 Å². The number of carbonyl (C=O) groups is 4. The lowest BCUT2D eigenvalue weighted by Crippen LogP contribution is -2.57. The first-order valence-electron chi connectivity index (χ1n) is 12.6. The van der Waals surface area contributed by atoms with E-state index < -0.39 is 42.0 Å². The summed E-state index contributed by atoms with van der Waals surface area (Å²) < 4.78 is 0. The summed E-state index contributed by atoms with van der Waals surface area (Å²) in [5, 5.41) is 15.9. The van der Waals surface area contributed by atoms with Crippen molar-refractivity contribution in [3.05, 3.63) is 36.0 Å². The maximum Gasteiger partial charge on any atom is 0.326 e. The molecule has 1 aromatic carbocycles. The van der Waals surface area contributed by atoms with Crippen LogP contribution in [0, 0.1) is 5.92 Å². The molecule has 4 atom stereocenters. The summed E-state index contributed by atoms with van der Waals surface area (Å²) in [6, 6.07) is 4.14. The van der Waals surface area contributed by atoms with Crippen LogP contribution in [0.25, 0.3) is 10.9 Å². The summed E-state index contributed by atoms with van der Waals surface area (Å²) in [6.07, 6.45) is 5.21. The number of carbonyl (C=O) groups excluding carboxylic acids is 3. The zero-order valence-corrected chi connectivity index (χ0v) is 22.3. The van der Waals surface area contributed by atoms with Gasteiger partial charge in [-0.2, -0.15) is 11.8 Å². The molecule has 0 bridgehead atoms. The zero-order valence-electron chi connectivity index (χ0n) is 21.5. The Morgan fingerprint density at radius 2 is 1.92 bits per heavy atom. The van der Waals surface area contributed by atoms with Gasteiger partial charge in [0, 0.05) is 30.1 Å². The third-order valence-electron chi connectivity index (χ3n) is 6.80. The van der Waals surface area contributed by atoms with Crippen molar-refractivity contribution >= 4 is 46.4 Å². The molecule has 3 amide bonds. The number of aliphatic carboxylic acids is 1. The molecule has 10 nitrogen and oxygen atoms in total. The van der Waals surface area contributed by atoms with Crippen LogP contribution in [0.2, 0.25) is 0 Å². The smallest absolute Gasteiger partial charge is 0.326 e. The highest BCUT2D eigenvalue weighted by molar-refractivity contribution is 7.98. The van der Waals surface area contributed by atoms with Crippen molar-refractivity contribution in [3.63, 3.8) is 0 Å². The number of carboxylic acids is 1. The highest BCUT2D eigenvalue weighted by Gasteiger charge is 2.39. The van der Waals surface area contributed by atoms with E-state index in [0.717, 1.165) is 16.5 Å². The van der Waals surface area contributed by atoms with Crippen LogP contribution in [0.3, 0.4) is 0 Å². The fourth-order valence-corrected chi connectivity index (χ4v) is 5.03. The van der Waals surface area contributed by atoms with Gasteiger partial charge in [0.05, 0.1) is 6.04 Å². The normalized spacial score (nSPS) is 18.0. The number of amides is 3. The van der Waals surface area contributed by atoms with Crippen LogP contribution in [0.15, 0.2) is 30.5 Å². The third kappa shape index (κ3) is 7.04. The molecule has 1 aliphatic heterocycles. The minimum atomic E-state index is -1.11. The molecule has 0 radical (unpaired) electrons. The summed E-state index contributed by atoms with van der Waals surface area (Å²) in [5.74, 6) is -1.96. The topological polar surface area (TPSA) is 158 Å². The first-order valence-corrected chi connectivity index (χ1v) is 14.0. The second kappa shape index (κ2) is 13.0. The number of nitrogens with two attached hydrogens (primary N) is 1. The second-order valence-electron chi connectivity index (χ2n) is 9.77. The molecule has 3 rings (SSSR count). The Hall–Kier alpha value is -3.05. The number of hydrogen-bond donors (Lipinski definition) is 5. The Labute approximate surface area is 221 Å². The number of thioether (sulfide) groups is 1. The number of nitrogens with zero attached hydrogens (tertiary/aromatic N) is 1. The number of nitrogens with one attached hydrogen (secondary N) is 3. The summed E-state index contributed by atoms with van der Waals surface area (Å²) in [5.41, 5.74) is 7.83. The van der Waals surface area contributed by atoms with E-state index in [1.807, 2.05) is 50.6 Å². The van der Waals surface area contributed by atoms with Gasteiger partial charge in [0.1, 0.15) is 18.1 Å². The van der Waals surface area contributed by atoms with Crippen LogP contribution in [0.5, 0.6) is 0 Å². The van der Waals surface area contributed by atoms with Gasteiger partial charge in [0.15, 0.2) is 0 Å². The van der Waals surface area contributed by atoms with Crippen molar-refractivity contribution in [1.82, 2.24) is 20.5 Å². The van der Waals surface area contributed by atoms with Crippen molar-refractivity contribution in [2.24, 2.45) is 11.7 Å². The van der Waals surface area contributed by atoms with Gasteiger partial charge >= 0.3 is 5.97 Å². The van der Waals surface area contributed by atoms with Crippen LogP contribution >= 0.6 is 11.8 Å². The highest BCUT2D eigenvalue weighted by atomic mass is 32.2. The van der Waals surface area contributed by atoms with Crippen LogP contribution in [0.4, 0.5) is 0 Å². The van der Waals surface area contributed by atoms with Gasteiger partial charge in [-0.05, 0) is 48.8 Å². The molecule has 0 saturated carbocycles. The number of aromatic nitrogens is 1. The summed E-state index contributed by atoms with van der Waals surface area (Å²) in [6.45, 7) is 4.00. The molecule has 1 aromatic heterocycles. The van der Waals surface area contributed by atoms with Gasteiger partial charge in [-0.15, -0.1) is 0 Å². The number of H-pyrrole nitrogens is 1. The SMILES string of the molecule is CSCCC(NC(=O)C1CCCN1C(=O)C(Cc1c[nH]c2ccccc12)NC(=O)C(N)C(C)C)C(=O)O. The average molecular weight is 532 g/mol. The molecule has 11 heteroatoms. The second-order valence-corrected chi connectivity index (χ2v) is 10.8. The lowest BCUT2D eigenvalue weighted by molar-refractivity contribution is -0.145. The van der Waals surface area contributed by atoms with Gasteiger partial charge in [-0.25, -0.2) is 4.79 Å². The molecule has 2 aromatic rings. The van der Waals surface area contributed by atoms with Crippen LogP contribution in [-0.2, 0) is 25.6 Å². The van der Waals surface area contributed by atoms with Crippen molar-refractivity contribution < 1.29 is 24.3 Å². The van der Waals surface area contributed by atoms with Crippen molar-refractivity contribution in [3.8, 4) is 0 Å². The van der Waals surface area contributed by atoms with E-state index in [2.05, 4.69) is 15.6 Å². The quantitative estimate of drug-likeness (QED) is 0.278. The highest BCUT2D eigenvalue weighted by Crippen LogP contribution is 2.23. The van der Waals surface area contributed by atoms with Gasteiger partial charge in [0.2, 0.25) is 17.7 Å². The molecule has 0 aliphatic carbocycles. The van der Waals surface area contributed by atoms with E-state index in [1.165, 1.54) is 16.7 Å².